The van der Waals surface area contributed by atoms with E-state index in [4.69, 9.17) is 4.74 Å². The molecule has 0 saturated heterocycles. The average Bonchev–Trinajstić information content (AvgIpc) is 3.20. The van der Waals surface area contributed by atoms with Crippen LogP contribution in [0.25, 0.3) is 10.2 Å². The third kappa shape index (κ3) is 5.11. The summed E-state index contributed by atoms with van der Waals surface area (Å²) < 4.78 is 6.84. The molecule has 0 unspecified atom stereocenters. The van der Waals surface area contributed by atoms with E-state index in [9.17, 15) is 4.79 Å². The molecule has 0 aliphatic heterocycles. The van der Waals surface area contributed by atoms with Crippen molar-refractivity contribution in [2.45, 2.75) is 32.6 Å². The van der Waals surface area contributed by atoms with Crippen molar-refractivity contribution in [2.24, 2.45) is 0 Å². The molecule has 1 amide bonds. The Morgan fingerprint density at radius 3 is 2.89 bits per heavy atom. The zero-order valence-electron chi connectivity index (χ0n) is 16.3. The van der Waals surface area contributed by atoms with Crippen molar-refractivity contribution in [1.29, 1.82) is 0 Å². The lowest BCUT2D eigenvalue weighted by atomic mass is 10.1. The Labute approximate surface area is 170 Å². The maximum atomic E-state index is 12.9. The van der Waals surface area contributed by atoms with E-state index in [1.54, 1.807) is 17.5 Å². The second kappa shape index (κ2) is 9.91. The van der Waals surface area contributed by atoms with Crippen LogP contribution in [0.4, 0.5) is 5.69 Å². The molecule has 0 bridgehead atoms. The number of fused-ring (bicyclic) bond motifs is 1. The first-order valence-corrected chi connectivity index (χ1v) is 10.4. The average molecular weight is 393 g/mol. The highest BCUT2D eigenvalue weighted by Crippen LogP contribution is 2.24. The third-order valence-electron chi connectivity index (χ3n) is 4.30. The Bertz CT molecular complexity index is 1000. The van der Waals surface area contributed by atoms with E-state index in [1.165, 1.54) is 11.3 Å². The van der Waals surface area contributed by atoms with Crippen LogP contribution in [-0.4, -0.2) is 24.5 Å². The summed E-state index contributed by atoms with van der Waals surface area (Å²) in [5.41, 5.74) is 4.16. The van der Waals surface area contributed by atoms with Gasteiger partial charge in [0.15, 0.2) is 0 Å². The minimum Gasteiger partial charge on any atom is -0.493 e. The van der Waals surface area contributed by atoms with Crippen LogP contribution in [0.15, 0.2) is 48.0 Å². The first-order chi connectivity index (χ1) is 13.7. The third-order valence-corrected chi connectivity index (χ3v) is 5.09. The highest BCUT2D eigenvalue weighted by Gasteiger charge is 2.15. The molecule has 3 aromatic rings. The number of anilines is 1. The van der Waals surface area contributed by atoms with Gasteiger partial charge in [-0.05, 0) is 43.2 Å². The summed E-state index contributed by atoms with van der Waals surface area (Å²) in [6.07, 6.45) is 3.79. The van der Waals surface area contributed by atoms with Crippen LogP contribution in [0.3, 0.4) is 0 Å². The number of rotatable bonds is 7. The summed E-state index contributed by atoms with van der Waals surface area (Å²) in [4.78, 5) is 18.8. The fraction of sp³-hybridized carbons (Fsp3) is 0.304. The molecule has 0 saturated carbocycles. The second-order valence-corrected chi connectivity index (χ2v) is 7.34. The Morgan fingerprint density at radius 2 is 2.04 bits per heavy atom. The normalized spacial score (nSPS) is 10.4. The number of unbranched alkanes of at least 4 members (excludes halogenated alkanes) is 2. The SMILES string of the molecule is CCCC#CCCCOc1cccc(N(C)C(=O)c2ccc3ncsc3c2)c1. The summed E-state index contributed by atoms with van der Waals surface area (Å²) in [6.45, 7) is 2.74. The number of thiazole rings is 1. The summed E-state index contributed by atoms with van der Waals surface area (Å²) >= 11 is 1.53. The minimum atomic E-state index is -0.0568. The van der Waals surface area contributed by atoms with Gasteiger partial charge in [0.2, 0.25) is 0 Å². The van der Waals surface area contributed by atoms with Crippen molar-refractivity contribution in [3.63, 3.8) is 0 Å². The predicted molar refractivity (Wildman–Crippen MR) is 116 cm³/mol. The maximum absolute atomic E-state index is 12.9. The van der Waals surface area contributed by atoms with E-state index in [0.717, 1.165) is 47.3 Å². The highest BCUT2D eigenvalue weighted by atomic mass is 32.1. The fourth-order valence-corrected chi connectivity index (χ4v) is 3.45. The molecule has 0 aliphatic carbocycles. The molecule has 28 heavy (non-hydrogen) atoms. The van der Waals surface area contributed by atoms with Crippen LogP contribution in [0.2, 0.25) is 0 Å². The molecule has 0 spiro atoms. The fourth-order valence-electron chi connectivity index (χ4n) is 2.73. The quantitative estimate of drug-likeness (QED) is 0.392. The molecular formula is C23H24N2O2S. The number of nitrogens with zero attached hydrogens (tertiary/aromatic N) is 2. The van der Waals surface area contributed by atoms with Crippen LogP contribution in [0.1, 0.15) is 43.0 Å². The minimum absolute atomic E-state index is 0.0568. The highest BCUT2D eigenvalue weighted by molar-refractivity contribution is 7.16. The van der Waals surface area contributed by atoms with Gasteiger partial charge in [0, 0.05) is 37.2 Å². The van der Waals surface area contributed by atoms with Gasteiger partial charge in [0.1, 0.15) is 5.75 Å². The van der Waals surface area contributed by atoms with Gasteiger partial charge in [-0.3, -0.25) is 4.79 Å². The van der Waals surface area contributed by atoms with Crippen molar-refractivity contribution in [1.82, 2.24) is 4.98 Å². The van der Waals surface area contributed by atoms with E-state index < -0.39 is 0 Å². The molecule has 0 N–H and O–H groups in total. The van der Waals surface area contributed by atoms with E-state index >= 15 is 0 Å². The van der Waals surface area contributed by atoms with Crippen LogP contribution in [0.5, 0.6) is 5.75 Å². The first kappa shape index (κ1) is 19.9. The number of amides is 1. The number of ether oxygens (including phenoxy) is 1. The van der Waals surface area contributed by atoms with Gasteiger partial charge < -0.3 is 9.64 Å². The number of hydrogen-bond acceptors (Lipinski definition) is 4. The predicted octanol–water partition coefficient (Wildman–Crippen LogP) is 5.54. The zero-order valence-corrected chi connectivity index (χ0v) is 17.1. The Hall–Kier alpha value is -2.84. The van der Waals surface area contributed by atoms with Crippen molar-refractivity contribution in [2.75, 3.05) is 18.6 Å². The van der Waals surface area contributed by atoms with E-state index in [-0.39, 0.29) is 5.91 Å². The number of aromatic nitrogens is 1. The molecule has 1 aromatic heterocycles. The molecule has 2 aromatic carbocycles. The standard InChI is InChI=1S/C23H24N2O2S/c1-3-4-5-6-7-8-14-27-20-11-9-10-19(16-20)25(2)23(26)18-12-13-21-22(15-18)28-17-24-21/h9-13,15-17H,3-4,7-8,14H2,1-2H3. The second-order valence-electron chi connectivity index (χ2n) is 6.45. The number of hydrogen-bond donors (Lipinski definition) is 0. The molecular weight excluding hydrogens is 368 g/mol. The molecule has 4 nitrogen and oxygen atoms in total. The Morgan fingerprint density at radius 1 is 1.18 bits per heavy atom. The van der Waals surface area contributed by atoms with Gasteiger partial charge in [0.05, 0.1) is 22.3 Å². The van der Waals surface area contributed by atoms with Gasteiger partial charge in [-0.2, -0.15) is 0 Å². The molecule has 0 fully saturated rings. The summed E-state index contributed by atoms with van der Waals surface area (Å²) in [7, 11) is 1.78. The zero-order chi connectivity index (χ0) is 19.8. The monoisotopic (exact) mass is 392 g/mol. The topological polar surface area (TPSA) is 42.4 Å². The maximum Gasteiger partial charge on any atom is 0.258 e. The van der Waals surface area contributed by atoms with Gasteiger partial charge >= 0.3 is 0 Å². The van der Waals surface area contributed by atoms with Crippen LogP contribution >= 0.6 is 11.3 Å². The first-order valence-electron chi connectivity index (χ1n) is 9.49. The van der Waals surface area contributed by atoms with Crippen LogP contribution in [0, 0.1) is 11.8 Å². The number of carbonyl (C=O) groups excluding carboxylic acids is 1. The van der Waals surface area contributed by atoms with Crippen LogP contribution < -0.4 is 9.64 Å². The van der Waals surface area contributed by atoms with Crippen molar-refractivity contribution in [3.05, 3.63) is 53.5 Å². The van der Waals surface area contributed by atoms with E-state index in [1.807, 2.05) is 42.5 Å². The molecule has 5 heteroatoms. The summed E-state index contributed by atoms with van der Waals surface area (Å²) in [5, 5.41) is 0. The number of benzene rings is 2. The lowest BCUT2D eigenvalue weighted by Crippen LogP contribution is -2.26. The van der Waals surface area contributed by atoms with Crippen molar-refractivity contribution >= 4 is 33.1 Å². The molecule has 0 atom stereocenters. The lowest BCUT2D eigenvalue weighted by molar-refractivity contribution is 0.0993. The smallest absolute Gasteiger partial charge is 0.258 e. The Kier molecular flexibility index (Phi) is 7.05. The van der Waals surface area contributed by atoms with Crippen molar-refractivity contribution < 1.29 is 9.53 Å². The van der Waals surface area contributed by atoms with Gasteiger partial charge in [-0.25, -0.2) is 4.98 Å². The molecule has 0 aliphatic rings. The van der Waals surface area contributed by atoms with Gasteiger partial charge in [-0.15, -0.1) is 23.2 Å². The molecule has 3 rings (SSSR count). The molecule has 0 radical (unpaired) electrons. The number of carbonyl (C=O) groups is 1. The molecule has 1 heterocycles. The summed E-state index contributed by atoms with van der Waals surface area (Å²) in [5.74, 6) is 7.01. The van der Waals surface area contributed by atoms with Crippen molar-refractivity contribution in [3.8, 4) is 17.6 Å². The summed E-state index contributed by atoms with van der Waals surface area (Å²) in [6, 6.07) is 13.2. The van der Waals surface area contributed by atoms with E-state index in [2.05, 4.69) is 23.7 Å². The largest absolute Gasteiger partial charge is 0.493 e. The van der Waals surface area contributed by atoms with Gasteiger partial charge in [0.25, 0.3) is 5.91 Å². The van der Waals surface area contributed by atoms with E-state index in [0.29, 0.717) is 12.2 Å². The van der Waals surface area contributed by atoms with Crippen LogP contribution in [-0.2, 0) is 0 Å². The Balaban J connectivity index is 1.60. The molecule has 144 valence electrons. The lowest BCUT2D eigenvalue weighted by Gasteiger charge is -2.18. The van der Waals surface area contributed by atoms with Gasteiger partial charge in [-0.1, -0.05) is 13.0 Å².